The summed E-state index contributed by atoms with van der Waals surface area (Å²) >= 11 is 5.69. The molecule has 0 spiro atoms. The van der Waals surface area contributed by atoms with Crippen LogP contribution >= 0.6 is 12.2 Å². The highest BCUT2D eigenvalue weighted by atomic mass is 32.1. The summed E-state index contributed by atoms with van der Waals surface area (Å²) < 4.78 is 17.2. The average Bonchev–Trinajstić information content (AvgIpc) is 3.44. The molecule has 3 aromatic rings. The van der Waals surface area contributed by atoms with Crippen LogP contribution in [0.2, 0.25) is 0 Å². The van der Waals surface area contributed by atoms with Crippen LogP contribution in [-0.2, 0) is 11.3 Å². The van der Waals surface area contributed by atoms with E-state index in [1.54, 1.807) is 6.26 Å². The predicted octanol–water partition coefficient (Wildman–Crippen LogP) is 5.45. The van der Waals surface area contributed by atoms with Crippen molar-refractivity contribution in [1.82, 2.24) is 4.90 Å². The largest absolute Gasteiger partial charge is 0.467 e. The maximum atomic E-state index is 5.84. The molecule has 6 heteroatoms. The van der Waals surface area contributed by atoms with Crippen molar-refractivity contribution in [2.24, 2.45) is 0 Å². The summed E-state index contributed by atoms with van der Waals surface area (Å²) in [6, 6.07) is 21.3. The van der Waals surface area contributed by atoms with Gasteiger partial charge in [-0.25, -0.2) is 0 Å². The number of para-hydroxylation sites is 1. The molecule has 1 aliphatic rings. The van der Waals surface area contributed by atoms with E-state index in [9.17, 15) is 0 Å². The van der Waals surface area contributed by atoms with E-state index in [1.807, 2.05) is 66.7 Å². The number of nitrogens with one attached hydrogen (secondary N) is 1. The van der Waals surface area contributed by atoms with E-state index in [0.717, 1.165) is 48.9 Å². The Labute approximate surface area is 176 Å². The van der Waals surface area contributed by atoms with Crippen molar-refractivity contribution in [2.75, 3.05) is 18.5 Å². The van der Waals surface area contributed by atoms with Gasteiger partial charge in [0.25, 0.3) is 0 Å². The Morgan fingerprint density at radius 1 is 1.03 bits per heavy atom. The van der Waals surface area contributed by atoms with Gasteiger partial charge in [0.1, 0.15) is 17.3 Å². The Morgan fingerprint density at radius 2 is 1.83 bits per heavy atom. The molecule has 0 aliphatic carbocycles. The first-order valence-electron chi connectivity index (χ1n) is 9.79. The molecule has 0 amide bonds. The molecule has 1 saturated heterocycles. The van der Waals surface area contributed by atoms with E-state index in [4.69, 9.17) is 26.1 Å². The fraction of sp³-hybridized carbons (Fsp3) is 0.261. The maximum absolute atomic E-state index is 5.84. The van der Waals surface area contributed by atoms with Gasteiger partial charge in [0.2, 0.25) is 0 Å². The van der Waals surface area contributed by atoms with Crippen molar-refractivity contribution in [3.05, 3.63) is 78.8 Å². The number of hydrogen-bond acceptors (Lipinski definition) is 4. The number of nitrogens with zero attached hydrogens (tertiary/aromatic N) is 1. The van der Waals surface area contributed by atoms with Crippen LogP contribution in [0, 0.1) is 0 Å². The molecule has 1 aliphatic heterocycles. The van der Waals surface area contributed by atoms with Gasteiger partial charge in [-0.2, -0.15) is 0 Å². The first-order chi connectivity index (χ1) is 14.3. The zero-order valence-corrected chi connectivity index (χ0v) is 16.9. The van der Waals surface area contributed by atoms with Crippen molar-refractivity contribution in [2.45, 2.75) is 25.5 Å². The van der Waals surface area contributed by atoms with E-state index in [0.29, 0.717) is 11.7 Å². The standard InChI is InChI=1S/C23H24N2O3S/c29-23(25(16-21-8-4-14-26-21)17-22-9-5-15-27-22)24-18-10-12-20(13-11-18)28-19-6-2-1-3-7-19/h1-4,6-8,10-14,22H,5,9,15-17H2,(H,24,29). The average molecular weight is 409 g/mol. The van der Waals surface area contributed by atoms with E-state index in [-0.39, 0.29) is 6.10 Å². The third kappa shape index (κ3) is 5.59. The molecule has 5 nitrogen and oxygen atoms in total. The second-order valence-corrected chi connectivity index (χ2v) is 7.35. The van der Waals surface area contributed by atoms with Crippen LogP contribution < -0.4 is 10.1 Å². The zero-order chi connectivity index (χ0) is 19.9. The van der Waals surface area contributed by atoms with Gasteiger partial charge in [0.15, 0.2) is 5.11 Å². The highest BCUT2D eigenvalue weighted by Gasteiger charge is 2.22. The molecule has 0 bridgehead atoms. The summed E-state index contributed by atoms with van der Waals surface area (Å²) in [6.07, 6.45) is 4.04. The summed E-state index contributed by atoms with van der Waals surface area (Å²) in [4.78, 5) is 2.10. The minimum Gasteiger partial charge on any atom is -0.467 e. The lowest BCUT2D eigenvalue weighted by Crippen LogP contribution is -2.39. The smallest absolute Gasteiger partial charge is 0.173 e. The molecule has 1 atom stereocenters. The molecular weight excluding hydrogens is 384 g/mol. The third-order valence-corrected chi connectivity index (χ3v) is 5.11. The maximum Gasteiger partial charge on any atom is 0.173 e. The molecule has 2 aromatic carbocycles. The SMILES string of the molecule is S=C(Nc1ccc(Oc2ccccc2)cc1)N(Cc1ccco1)CC1CCCO1. The van der Waals surface area contributed by atoms with Gasteiger partial charge in [-0.15, -0.1) is 0 Å². The summed E-state index contributed by atoms with van der Waals surface area (Å²) in [5, 5.41) is 3.97. The summed E-state index contributed by atoms with van der Waals surface area (Å²) in [6.45, 7) is 2.16. The lowest BCUT2D eigenvalue weighted by molar-refractivity contribution is 0.0892. The van der Waals surface area contributed by atoms with Gasteiger partial charge in [-0.3, -0.25) is 0 Å². The molecule has 150 valence electrons. The summed E-state index contributed by atoms with van der Waals surface area (Å²) in [7, 11) is 0. The molecule has 29 heavy (non-hydrogen) atoms. The van der Waals surface area contributed by atoms with Crippen molar-refractivity contribution in [1.29, 1.82) is 0 Å². The Kier molecular flexibility index (Phi) is 6.44. The second kappa shape index (κ2) is 9.58. The Morgan fingerprint density at radius 3 is 2.52 bits per heavy atom. The number of hydrogen-bond donors (Lipinski definition) is 1. The predicted molar refractivity (Wildman–Crippen MR) is 117 cm³/mol. The highest BCUT2D eigenvalue weighted by Crippen LogP contribution is 2.23. The normalized spacial score (nSPS) is 15.8. The van der Waals surface area contributed by atoms with Gasteiger partial charge >= 0.3 is 0 Å². The number of anilines is 1. The van der Waals surface area contributed by atoms with Gasteiger partial charge in [-0.1, -0.05) is 18.2 Å². The number of ether oxygens (including phenoxy) is 2. The van der Waals surface area contributed by atoms with Gasteiger partial charge in [0, 0.05) is 18.8 Å². The van der Waals surface area contributed by atoms with Crippen LogP contribution in [-0.4, -0.2) is 29.3 Å². The first kappa shape index (κ1) is 19.5. The molecular formula is C23H24N2O3S. The van der Waals surface area contributed by atoms with Crippen LogP contribution in [0.15, 0.2) is 77.4 Å². The van der Waals surface area contributed by atoms with Gasteiger partial charge in [0.05, 0.1) is 18.9 Å². The van der Waals surface area contributed by atoms with E-state index in [1.165, 1.54) is 0 Å². The monoisotopic (exact) mass is 408 g/mol. The molecule has 0 radical (unpaired) electrons. The van der Waals surface area contributed by atoms with Crippen molar-refractivity contribution in [3.8, 4) is 11.5 Å². The zero-order valence-electron chi connectivity index (χ0n) is 16.1. The van der Waals surface area contributed by atoms with Crippen LogP contribution in [0.1, 0.15) is 18.6 Å². The van der Waals surface area contributed by atoms with Crippen molar-refractivity contribution in [3.63, 3.8) is 0 Å². The fourth-order valence-corrected chi connectivity index (χ4v) is 3.53. The second-order valence-electron chi connectivity index (χ2n) is 6.96. The first-order valence-corrected chi connectivity index (χ1v) is 10.2. The fourth-order valence-electron chi connectivity index (χ4n) is 3.28. The molecule has 1 aromatic heterocycles. The third-order valence-electron chi connectivity index (χ3n) is 4.75. The molecule has 0 saturated carbocycles. The minimum absolute atomic E-state index is 0.200. The number of furan rings is 1. The van der Waals surface area contributed by atoms with Crippen LogP contribution in [0.4, 0.5) is 5.69 Å². The quantitative estimate of drug-likeness (QED) is 0.525. The number of thiocarbonyl (C=S) groups is 1. The van der Waals surface area contributed by atoms with E-state index >= 15 is 0 Å². The van der Waals surface area contributed by atoms with E-state index < -0.39 is 0 Å². The van der Waals surface area contributed by atoms with Crippen molar-refractivity contribution >= 4 is 23.0 Å². The summed E-state index contributed by atoms with van der Waals surface area (Å²) in [5.41, 5.74) is 0.909. The summed E-state index contributed by atoms with van der Waals surface area (Å²) in [5.74, 6) is 2.46. The Bertz CT molecular complexity index is 892. The molecule has 2 heterocycles. The Balaban J connectivity index is 1.39. The van der Waals surface area contributed by atoms with E-state index in [2.05, 4.69) is 10.2 Å². The van der Waals surface area contributed by atoms with Crippen LogP contribution in [0.5, 0.6) is 11.5 Å². The molecule has 1 unspecified atom stereocenters. The highest BCUT2D eigenvalue weighted by molar-refractivity contribution is 7.80. The van der Waals surface area contributed by atoms with Gasteiger partial charge in [-0.05, 0) is 73.6 Å². The lowest BCUT2D eigenvalue weighted by Gasteiger charge is -2.27. The molecule has 1 fully saturated rings. The molecule has 4 rings (SSSR count). The van der Waals surface area contributed by atoms with Crippen LogP contribution in [0.25, 0.3) is 0 Å². The topological polar surface area (TPSA) is 46.9 Å². The number of benzene rings is 2. The van der Waals surface area contributed by atoms with Crippen LogP contribution in [0.3, 0.4) is 0 Å². The minimum atomic E-state index is 0.200. The number of rotatable bonds is 7. The van der Waals surface area contributed by atoms with Crippen molar-refractivity contribution < 1.29 is 13.9 Å². The lowest BCUT2D eigenvalue weighted by atomic mass is 10.2. The Hall–Kier alpha value is -2.83. The van der Waals surface area contributed by atoms with Gasteiger partial charge < -0.3 is 24.1 Å². The molecule has 1 N–H and O–H groups in total.